The van der Waals surface area contributed by atoms with Gasteiger partial charge in [-0.3, -0.25) is 4.57 Å². The van der Waals surface area contributed by atoms with Gasteiger partial charge in [-0.1, -0.05) is 54.1 Å². The molecule has 1 aromatic heterocycles. The molecule has 1 aliphatic rings. The molecular weight excluding hydrogens is 396 g/mol. The molecule has 0 aliphatic carbocycles. The molecule has 5 rings (SSSR count). The van der Waals surface area contributed by atoms with Crippen molar-refractivity contribution in [2.75, 3.05) is 12.1 Å². The summed E-state index contributed by atoms with van der Waals surface area (Å²) >= 11 is 6.12. The van der Waals surface area contributed by atoms with Crippen LogP contribution >= 0.6 is 11.6 Å². The third-order valence-electron chi connectivity index (χ3n) is 5.10. The van der Waals surface area contributed by atoms with Crippen LogP contribution in [0.5, 0.6) is 5.75 Å². The largest absolute Gasteiger partial charge is 0.497 e. The van der Waals surface area contributed by atoms with Gasteiger partial charge in [-0.2, -0.15) is 5.10 Å². The summed E-state index contributed by atoms with van der Waals surface area (Å²) in [6.45, 7) is 0.575. The van der Waals surface area contributed by atoms with Crippen molar-refractivity contribution in [1.29, 1.82) is 0 Å². The number of ether oxygens (including phenoxy) is 1. The molecule has 0 spiro atoms. The molecule has 30 heavy (non-hydrogen) atoms. The topological polar surface area (TPSA) is 42.6 Å². The van der Waals surface area contributed by atoms with Gasteiger partial charge in [0.1, 0.15) is 11.5 Å². The van der Waals surface area contributed by atoms with E-state index in [2.05, 4.69) is 21.7 Å². The second kappa shape index (κ2) is 7.69. The zero-order valence-corrected chi connectivity index (χ0v) is 17.1. The summed E-state index contributed by atoms with van der Waals surface area (Å²) in [5, 5.41) is 7.70. The van der Waals surface area contributed by atoms with Gasteiger partial charge in [0.05, 0.1) is 19.3 Å². The first-order chi connectivity index (χ1) is 14.7. The van der Waals surface area contributed by atoms with Crippen LogP contribution in [0.1, 0.15) is 16.7 Å². The highest BCUT2D eigenvalue weighted by Gasteiger charge is 2.23. The van der Waals surface area contributed by atoms with E-state index in [1.165, 1.54) is 0 Å². The Kier molecular flexibility index (Phi) is 4.73. The van der Waals surface area contributed by atoms with Gasteiger partial charge in [0.25, 0.3) is 0 Å². The normalized spacial score (nSPS) is 12.6. The average molecular weight is 415 g/mol. The minimum absolute atomic E-state index is 0.575. The Labute approximate surface area is 179 Å². The van der Waals surface area contributed by atoms with Crippen molar-refractivity contribution in [1.82, 2.24) is 9.55 Å². The maximum absolute atomic E-state index is 6.12. The number of hydrogen-bond donors (Lipinski definition) is 0. The van der Waals surface area contributed by atoms with Gasteiger partial charge < -0.3 is 4.74 Å². The van der Waals surface area contributed by atoms with E-state index in [0.29, 0.717) is 11.6 Å². The lowest BCUT2D eigenvalue weighted by Crippen LogP contribution is -2.20. The van der Waals surface area contributed by atoms with Crippen LogP contribution < -0.4 is 9.75 Å². The number of aromatic nitrogens is 2. The zero-order chi connectivity index (χ0) is 20.5. The molecule has 5 nitrogen and oxygen atoms in total. The van der Waals surface area contributed by atoms with Crippen LogP contribution in [-0.2, 0) is 6.54 Å². The fourth-order valence-electron chi connectivity index (χ4n) is 3.61. The van der Waals surface area contributed by atoms with E-state index in [4.69, 9.17) is 21.4 Å². The molecule has 0 bridgehead atoms. The van der Waals surface area contributed by atoms with Gasteiger partial charge >= 0.3 is 0 Å². The molecule has 0 unspecified atom stereocenters. The standard InChI is InChI=1S/C24H19ClN4O/c1-30-20-12-6-17(7-13-20)16-29-24-26-14-15-28(24)22-5-3-2-4-21(22)23(27-29)18-8-10-19(25)11-9-18/h2-15H,16H2,1H3. The van der Waals surface area contributed by atoms with Gasteiger partial charge in [0, 0.05) is 28.5 Å². The van der Waals surface area contributed by atoms with Crippen molar-refractivity contribution >= 4 is 23.3 Å². The Hall–Kier alpha value is -3.57. The summed E-state index contributed by atoms with van der Waals surface area (Å²) in [4.78, 5) is 4.61. The number of methoxy groups -OCH3 is 1. The molecule has 0 saturated carbocycles. The number of halogens is 1. The number of imidazole rings is 1. The molecule has 0 saturated heterocycles. The lowest BCUT2D eigenvalue weighted by atomic mass is 10.0. The Balaban J connectivity index is 1.65. The second-order valence-electron chi connectivity index (χ2n) is 6.98. The van der Waals surface area contributed by atoms with Crippen molar-refractivity contribution in [3.8, 4) is 11.4 Å². The van der Waals surface area contributed by atoms with Crippen molar-refractivity contribution in [2.24, 2.45) is 5.10 Å². The highest BCUT2D eigenvalue weighted by atomic mass is 35.5. The molecule has 2 heterocycles. The molecule has 0 amide bonds. The molecular formula is C24H19ClN4O. The predicted molar refractivity (Wildman–Crippen MR) is 120 cm³/mol. The number of fused-ring (bicyclic) bond motifs is 3. The number of para-hydroxylation sites is 1. The van der Waals surface area contributed by atoms with Gasteiger partial charge in [-0.05, 0) is 35.9 Å². The van der Waals surface area contributed by atoms with E-state index in [1.54, 1.807) is 13.3 Å². The van der Waals surface area contributed by atoms with Gasteiger partial charge in [0.2, 0.25) is 5.95 Å². The smallest absolute Gasteiger partial charge is 0.231 e. The Morgan fingerprint density at radius 2 is 1.70 bits per heavy atom. The van der Waals surface area contributed by atoms with E-state index < -0.39 is 0 Å². The van der Waals surface area contributed by atoms with E-state index in [9.17, 15) is 0 Å². The molecule has 0 atom stereocenters. The van der Waals surface area contributed by atoms with Crippen LogP contribution in [-0.4, -0.2) is 22.4 Å². The third kappa shape index (κ3) is 3.33. The fourth-order valence-corrected chi connectivity index (χ4v) is 3.73. The zero-order valence-electron chi connectivity index (χ0n) is 16.4. The van der Waals surface area contributed by atoms with Crippen molar-refractivity contribution in [3.63, 3.8) is 0 Å². The van der Waals surface area contributed by atoms with E-state index in [1.807, 2.05) is 71.9 Å². The van der Waals surface area contributed by atoms with Crippen molar-refractivity contribution in [3.05, 3.63) is 107 Å². The Morgan fingerprint density at radius 1 is 0.933 bits per heavy atom. The lowest BCUT2D eigenvalue weighted by Gasteiger charge is -2.18. The van der Waals surface area contributed by atoms with Crippen LogP contribution in [0.4, 0.5) is 5.95 Å². The molecule has 1 aliphatic heterocycles. The molecule has 0 N–H and O–H groups in total. The number of nitrogens with zero attached hydrogens (tertiary/aromatic N) is 4. The van der Waals surface area contributed by atoms with Crippen LogP contribution in [0, 0.1) is 0 Å². The summed E-state index contributed by atoms with van der Waals surface area (Å²) in [7, 11) is 1.67. The SMILES string of the molecule is COc1ccc(CN2N=C(c3ccc(Cl)cc3)c3ccccc3-n3ccnc32)cc1. The molecule has 0 radical (unpaired) electrons. The van der Waals surface area contributed by atoms with Crippen LogP contribution in [0.3, 0.4) is 0 Å². The lowest BCUT2D eigenvalue weighted by molar-refractivity contribution is 0.414. The van der Waals surface area contributed by atoms with Crippen molar-refractivity contribution in [2.45, 2.75) is 6.54 Å². The van der Waals surface area contributed by atoms with Gasteiger partial charge in [0.15, 0.2) is 0 Å². The van der Waals surface area contributed by atoms with E-state index >= 15 is 0 Å². The summed E-state index contributed by atoms with van der Waals surface area (Å²) in [5.74, 6) is 1.59. The van der Waals surface area contributed by atoms with Gasteiger partial charge in [-0.25, -0.2) is 9.99 Å². The first-order valence-corrected chi connectivity index (χ1v) is 9.99. The predicted octanol–water partition coefficient (Wildman–Crippen LogP) is 5.31. The highest BCUT2D eigenvalue weighted by Crippen LogP contribution is 2.30. The quantitative estimate of drug-likeness (QED) is 0.454. The number of hydrogen-bond acceptors (Lipinski definition) is 4. The van der Waals surface area contributed by atoms with E-state index in [0.717, 1.165) is 39.8 Å². The molecule has 0 fully saturated rings. The molecule has 148 valence electrons. The van der Waals surface area contributed by atoms with Crippen LogP contribution in [0.15, 0.2) is 90.3 Å². The minimum atomic E-state index is 0.575. The molecule has 3 aromatic carbocycles. The Morgan fingerprint density at radius 3 is 2.47 bits per heavy atom. The first kappa shape index (κ1) is 18.5. The number of rotatable bonds is 4. The maximum atomic E-state index is 6.12. The summed E-state index contributed by atoms with van der Waals surface area (Å²) < 4.78 is 7.36. The minimum Gasteiger partial charge on any atom is -0.497 e. The summed E-state index contributed by atoms with van der Waals surface area (Å²) in [6, 6.07) is 24.0. The number of hydrazone groups is 1. The van der Waals surface area contributed by atoms with Crippen LogP contribution in [0.2, 0.25) is 5.02 Å². The monoisotopic (exact) mass is 414 g/mol. The Bertz CT molecular complexity index is 1210. The summed E-state index contributed by atoms with van der Waals surface area (Å²) in [6.07, 6.45) is 3.77. The van der Waals surface area contributed by atoms with Gasteiger partial charge in [-0.15, -0.1) is 0 Å². The second-order valence-corrected chi connectivity index (χ2v) is 7.41. The first-order valence-electron chi connectivity index (χ1n) is 9.61. The average Bonchev–Trinajstić information content (AvgIpc) is 3.23. The van der Waals surface area contributed by atoms with Crippen molar-refractivity contribution < 1.29 is 4.74 Å². The van der Waals surface area contributed by atoms with E-state index in [-0.39, 0.29) is 0 Å². The highest BCUT2D eigenvalue weighted by molar-refractivity contribution is 6.30. The fraction of sp³-hybridized carbons (Fsp3) is 0.0833. The number of benzene rings is 3. The van der Waals surface area contributed by atoms with Crippen LogP contribution in [0.25, 0.3) is 5.69 Å². The molecule has 4 aromatic rings. The molecule has 6 heteroatoms. The number of anilines is 1. The maximum Gasteiger partial charge on any atom is 0.231 e. The third-order valence-corrected chi connectivity index (χ3v) is 5.35. The summed E-state index contributed by atoms with van der Waals surface area (Å²) in [5.41, 5.74) is 5.06.